The average molecular weight is 190 g/mol. The van der Waals surface area contributed by atoms with Crippen LogP contribution in [-0.2, 0) is 6.50 Å². The topological polar surface area (TPSA) is 101 Å². The van der Waals surface area contributed by atoms with Crippen LogP contribution in [-0.4, -0.2) is 38.5 Å². The molecular formula is C7H11N3O3. The lowest BCUT2D eigenvalue weighted by atomic mass is 10.4. The molecule has 0 unspecified atom stereocenters. The fraction of sp³-hybridized carbons (Fsp3) is 0.429. The molecule has 1 rings (SSSR count). The van der Waals surface area contributed by atoms with Crippen LogP contribution in [0.4, 0.5) is 0 Å². The first-order valence-corrected chi connectivity index (χ1v) is 3.22. The summed E-state index contributed by atoms with van der Waals surface area (Å²) in [4.78, 5) is 10.8. The summed E-state index contributed by atoms with van der Waals surface area (Å²) in [5.41, 5.74) is 4.57. The fourth-order valence-corrected chi connectivity index (χ4v) is 0.651. The van der Waals surface area contributed by atoms with Gasteiger partial charge in [-0.25, -0.2) is 0 Å². The Balaban J connectivity index is 3.24. The summed E-state index contributed by atoms with van der Waals surface area (Å²) in [5, 5.41) is 21.8. The first-order valence-electron chi connectivity index (χ1n) is 5.72. The highest BCUT2D eigenvalue weighted by Gasteiger charge is 2.07. The van der Waals surface area contributed by atoms with Gasteiger partial charge in [-0.2, -0.15) is 5.10 Å². The molecule has 1 atom stereocenters. The summed E-state index contributed by atoms with van der Waals surface area (Å²) >= 11 is 0. The van der Waals surface area contributed by atoms with Gasteiger partial charge in [-0.05, 0) is 6.07 Å². The molecule has 13 heavy (non-hydrogen) atoms. The number of carbonyl (C=O) groups is 1. The Bertz CT molecular complexity index is 467. The maximum Gasteiger partial charge on any atom is 0.269 e. The standard InChI is InChI=1S/C7H11N3O3/c8-7(13)6-1-2-10(9-6)3-5(12)4-11/h1-2,5,11-12H,3-4H2,(H2,8,13)/t5-/m1/s1/i3D2,4D2,5D. The zero-order valence-electron chi connectivity index (χ0n) is 11.4. The van der Waals surface area contributed by atoms with Crippen LogP contribution in [0.25, 0.3) is 0 Å². The predicted molar refractivity (Wildman–Crippen MR) is 43.8 cm³/mol. The van der Waals surface area contributed by atoms with E-state index in [0.717, 1.165) is 12.3 Å². The second kappa shape index (κ2) is 4.01. The second-order valence-electron chi connectivity index (χ2n) is 2.08. The molecule has 0 aliphatic carbocycles. The lowest BCUT2D eigenvalue weighted by Crippen LogP contribution is -2.21. The molecular weight excluding hydrogens is 174 g/mol. The van der Waals surface area contributed by atoms with E-state index in [-0.39, 0.29) is 5.69 Å². The lowest BCUT2D eigenvalue weighted by molar-refractivity contribution is 0.0779. The average Bonchev–Trinajstić information content (AvgIpc) is 2.64. The number of primary amides is 1. The van der Waals surface area contributed by atoms with Crippen molar-refractivity contribution in [3.63, 3.8) is 0 Å². The smallest absolute Gasteiger partial charge is 0.269 e. The van der Waals surface area contributed by atoms with Crippen LogP contribution in [0.1, 0.15) is 17.3 Å². The molecule has 0 aliphatic rings. The molecule has 1 aromatic heterocycles. The molecule has 1 amide bonds. The first kappa shape index (κ1) is 4.73. The van der Waals surface area contributed by atoms with Gasteiger partial charge in [0.05, 0.1) is 26.0 Å². The molecule has 0 aromatic carbocycles. The van der Waals surface area contributed by atoms with Gasteiger partial charge in [0.25, 0.3) is 5.91 Å². The van der Waals surface area contributed by atoms with E-state index in [4.69, 9.17) is 17.7 Å². The molecule has 0 aliphatic heterocycles. The van der Waals surface area contributed by atoms with Crippen molar-refractivity contribution < 1.29 is 21.9 Å². The number of hydrogen-bond acceptors (Lipinski definition) is 4. The first-order chi connectivity index (χ1) is 7.91. The van der Waals surface area contributed by atoms with Crippen LogP contribution in [0, 0.1) is 0 Å². The van der Waals surface area contributed by atoms with Gasteiger partial charge in [-0.3, -0.25) is 9.48 Å². The van der Waals surface area contributed by atoms with Gasteiger partial charge in [-0.15, -0.1) is 0 Å². The maximum atomic E-state index is 10.8. The predicted octanol–water partition coefficient (Wildman–Crippen LogP) is -1.66. The van der Waals surface area contributed by atoms with Crippen LogP contribution in [0.2, 0.25) is 0 Å². The summed E-state index contributed by atoms with van der Waals surface area (Å²) in [5.74, 6) is -0.954. The molecule has 0 fully saturated rings. The summed E-state index contributed by atoms with van der Waals surface area (Å²) < 4.78 is 36.2. The Kier molecular flexibility index (Phi) is 1.46. The lowest BCUT2D eigenvalue weighted by Gasteiger charge is -2.05. The number of aliphatic hydroxyl groups is 2. The van der Waals surface area contributed by atoms with Crippen LogP contribution >= 0.6 is 0 Å². The van der Waals surface area contributed by atoms with Gasteiger partial charge in [0.1, 0.15) is 5.69 Å². The van der Waals surface area contributed by atoms with Crippen LogP contribution in [0.15, 0.2) is 12.3 Å². The number of rotatable bonds is 4. The zero-order valence-corrected chi connectivity index (χ0v) is 6.43. The molecule has 4 N–H and O–H groups in total. The highest BCUT2D eigenvalue weighted by molar-refractivity contribution is 5.90. The van der Waals surface area contributed by atoms with E-state index < -0.39 is 25.0 Å². The van der Waals surface area contributed by atoms with Gasteiger partial charge < -0.3 is 15.9 Å². The molecule has 0 radical (unpaired) electrons. The van der Waals surface area contributed by atoms with E-state index in [9.17, 15) is 9.90 Å². The summed E-state index contributed by atoms with van der Waals surface area (Å²) in [6, 6.07) is 1.03. The summed E-state index contributed by atoms with van der Waals surface area (Å²) in [6.45, 7) is -6.67. The largest absolute Gasteiger partial charge is 0.394 e. The van der Waals surface area contributed by atoms with Crippen molar-refractivity contribution in [1.29, 1.82) is 0 Å². The van der Waals surface area contributed by atoms with E-state index in [1.54, 1.807) is 0 Å². The Hall–Kier alpha value is -1.40. The van der Waals surface area contributed by atoms with Gasteiger partial charge in [0, 0.05) is 6.20 Å². The van der Waals surface area contributed by atoms with E-state index in [1.165, 1.54) is 0 Å². The molecule has 6 nitrogen and oxygen atoms in total. The minimum Gasteiger partial charge on any atom is -0.394 e. The molecule has 0 spiro atoms. The van der Waals surface area contributed by atoms with Crippen LogP contribution < -0.4 is 5.73 Å². The third kappa shape index (κ3) is 2.53. The van der Waals surface area contributed by atoms with Crippen molar-refractivity contribution in [1.82, 2.24) is 9.78 Å². The molecule has 0 bridgehead atoms. The summed E-state index contributed by atoms with van der Waals surface area (Å²) in [6.07, 6.45) is -2.65. The maximum absolute atomic E-state index is 10.8. The molecule has 0 saturated carbocycles. The van der Waals surface area contributed by atoms with Crippen LogP contribution in [0.5, 0.6) is 0 Å². The second-order valence-corrected chi connectivity index (χ2v) is 2.08. The van der Waals surface area contributed by atoms with Crippen molar-refractivity contribution in [2.75, 3.05) is 6.56 Å². The van der Waals surface area contributed by atoms with Crippen molar-refractivity contribution in [2.24, 2.45) is 5.73 Å². The van der Waals surface area contributed by atoms with Crippen molar-refractivity contribution >= 4 is 5.91 Å². The number of nitrogens with two attached hydrogens (primary N) is 1. The normalized spacial score (nSPS) is 23.1. The third-order valence-corrected chi connectivity index (χ3v) is 1.17. The Labute approximate surface area is 81.6 Å². The van der Waals surface area contributed by atoms with Crippen molar-refractivity contribution in [3.8, 4) is 0 Å². The third-order valence-electron chi connectivity index (χ3n) is 1.17. The Morgan fingerprint density at radius 1 is 2.00 bits per heavy atom. The number of carbonyl (C=O) groups excluding carboxylic acids is 1. The Morgan fingerprint density at radius 3 is 3.15 bits per heavy atom. The van der Waals surface area contributed by atoms with Gasteiger partial charge in [0.2, 0.25) is 0 Å². The van der Waals surface area contributed by atoms with Crippen molar-refractivity contribution in [2.45, 2.75) is 12.6 Å². The fourth-order valence-electron chi connectivity index (χ4n) is 0.651. The SMILES string of the molecule is [2H]C([2H])(O)[C@]([2H])(O)C([2H])([2H])n1ccc(C(N)=O)n1. The molecule has 0 saturated heterocycles. The minimum atomic E-state index is -3.55. The number of hydrogen-bond donors (Lipinski definition) is 3. The number of nitrogens with zero attached hydrogens (tertiary/aromatic N) is 2. The molecule has 1 aromatic rings. The van der Waals surface area contributed by atoms with Crippen LogP contribution in [0.3, 0.4) is 0 Å². The van der Waals surface area contributed by atoms with Gasteiger partial charge >= 0.3 is 0 Å². The zero-order chi connectivity index (χ0) is 14.4. The number of amides is 1. The Morgan fingerprint density at radius 2 is 2.69 bits per heavy atom. The summed E-state index contributed by atoms with van der Waals surface area (Å²) in [7, 11) is 0. The monoisotopic (exact) mass is 190 g/mol. The molecule has 1 heterocycles. The highest BCUT2D eigenvalue weighted by Crippen LogP contribution is 1.95. The van der Waals surface area contributed by atoms with Gasteiger partial charge in [0.15, 0.2) is 0 Å². The number of aromatic nitrogens is 2. The molecule has 72 valence electrons. The van der Waals surface area contributed by atoms with Crippen molar-refractivity contribution in [3.05, 3.63) is 18.0 Å². The quantitative estimate of drug-likeness (QED) is 0.528. The van der Waals surface area contributed by atoms with E-state index in [2.05, 4.69) is 5.10 Å². The van der Waals surface area contributed by atoms with Gasteiger partial charge in [-0.1, -0.05) is 0 Å². The van der Waals surface area contributed by atoms with E-state index in [0.29, 0.717) is 4.68 Å². The highest BCUT2D eigenvalue weighted by atomic mass is 16.3. The molecule has 6 heteroatoms. The van der Waals surface area contributed by atoms with E-state index >= 15 is 0 Å². The minimum absolute atomic E-state index is 0.326. The van der Waals surface area contributed by atoms with E-state index in [1.807, 2.05) is 0 Å².